The number of nitrogens with zero attached hydrogens (tertiary/aromatic N) is 4. The Bertz CT molecular complexity index is 1220. The Morgan fingerprint density at radius 1 is 1.09 bits per heavy atom. The van der Waals surface area contributed by atoms with Crippen molar-refractivity contribution in [1.82, 2.24) is 20.2 Å². The number of allylic oxidation sites excluding steroid dienone is 1. The van der Waals surface area contributed by atoms with E-state index >= 15 is 0 Å². The second kappa shape index (κ2) is 10.6. The third kappa shape index (κ3) is 5.54. The van der Waals surface area contributed by atoms with E-state index in [2.05, 4.69) is 20.7 Å². The Morgan fingerprint density at radius 3 is 2.66 bits per heavy atom. The molecule has 9 heteroatoms. The fraction of sp³-hybridized carbons (Fsp3) is 0.0435. The Kier molecular flexibility index (Phi) is 7.16. The van der Waals surface area contributed by atoms with Crippen molar-refractivity contribution in [3.8, 4) is 17.1 Å². The van der Waals surface area contributed by atoms with Crippen molar-refractivity contribution in [2.75, 3.05) is 5.75 Å². The molecule has 4 rings (SSSR count). The number of thioether (sulfide) groups is 1. The van der Waals surface area contributed by atoms with Crippen molar-refractivity contribution in [3.63, 3.8) is 0 Å². The normalized spacial score (nSPS) is 11.4. The Balaban J connectivity index is 1.45. The molecule has 2 aromatic heterocycles. The predicted octanol–water partition coefficient (Wildman–Crippen LogP) is 5.09. The van der Waals surface area contributed by atoms with Crippen molar-refractivity contribution in [3.05, 3.63) is 89.9 Å². The van der Waals surface area contributed by atoms with Crippen LogP contribution in [0, 0.1) is 0 Å². The van der Waals surface area contributed by atoms with Gasteiger partial charge in [0.25, 0.3) is 5.91 Å². The highest BCUT2D eigenvalue weighted by atomic mass is 35.5. The van der Waals surface area contributed by atoms with Crippen molar-refractivity contribution in [2.24, 2.45) is 5.10 Å². The maximum absolute atomic E-state index is 12.2. The fourth-order valence-electron chi connectivity index (χ4n) is 2.80. The van der Waals surface area contributed by atoms with Crippen LogP contribution >= 0.6 is 23.4 Å². The monoisotopic (exact) mass is 463 g/mol. The van der Waals surface area contributed by atoms with Crippen molar-refractivity contribution in [1.29, 1.82) is 0 Å². The summed E-state index contributed by atoms with van der Waals surface area (Å²) in [5.74, 6) is 1.25. The number of rotatable bonds is 8. The van der Waals surface area contributed by atoms with Gasteiger partial charge in [0.1, 0.15) is 5.76 Å². The minimum Gasteiger partial charge on any atom is -0.465 e. The third-order valence-electron chi connectivity index (χ3n) is 4.24. The average molecular weight is 464 g/mol. The van der Waals surface area contributed by atoms with Crippen molar-refractivity contribution < 1.29 is 9.21 Å². The number of furan rings is 1. The summed E-state index contributed by atoms with van der Waals surface area (Å²) < 4.78 is 7.08. The summed E-state index contributed by atoms with van der Waals surface area (Å²) in [6, 6.07) is 20.7. The number of carbonyl (C=O) groups excluding carboxylic acids is 1. The molecule has 160 valence electrons. The molecule has 1 amide bonds. The van der Waals surface area contributed by atoms with Crippen LogP contribution in [0.1, 0.15) is 5.76 Å². The zero-order valence-corrected chi connectivity index (χ0v) is 18.3. The topological polar surface area (TPSA) is 85.3 Å². The van der Waals surface area contributed by atoms with E-state index in [0.29, 0.717) is 21.8 Å². The largest absolute Gasteiger partial charge is 0.465 e. The Morgan fingerprint density at radius 2 is 1.91 bits per heavy atom. The van der Waals surface area contributed by atoms with E-state index in [-0.39, 0.29) is 11.7 Å². The second-order valence-corrected chi connectivity index (χ2v) is 7.84. The predicted molar refractivity (Wildman–Crippen MR) is 127 cm³/mol. The van der Waals surface area contributed by atoms with E-state index in [1.54, 1.807) is 36.6 Å². The molecule has 0 saturated heterocycles. The molecular formula is C23H18ClN5O2S. The van der Waals surface area contributed by atoms with Gasteiger partial charge in [0, 0.05) is 22.5 Å². The summed E-state index contributed by atoms with van der Waals surface area (Å²) in [5.41, 5.74) is 4.26. The van der Waals surface area contributed by atoms with Gasteiger partial charge in [-0.05, 0) is 48.6 Å². The van der Waals surface area contributed by atoms with E-state index in [1.165, 1.54) is 18.0 Å². The van der Waals surface area contributed by atoms with Gasteiger partial charge in [0.05, 0.1) is 12.0 Å². The lowest BCUT2D eigenvalue weighted by molar-refractivity contribution is -0.118. The molecule has 0 spiro atoms. The van der Waals surface area contributed by atoms with Crippen LogP contribution in [-0.2, 0) is 4.79 Å². The molecule has 0 atom stereocenters. The molecule has 1 N–H and O–H groups in total. The summed E-state index contributed by atoms with van der Waals surface area (Å²) in [4.78, 5) is 12.2. The molecule has 0 aliphatic rings. The lowest BCUT2D eigenvalue weighted by Crippen LogP contribution is -2.19. The number of hydrogen-bond donors (Lipinski definition) is 1. The minimum atomic E-state index is -0.260. The second-order valence-electron chi connectivity index (χ2n) is 6.46. The first-order valence-electron chi connectivity index (χ1n) is 9.62. The van der Waals surface area contributed by atoms with E-state index in [0.717, 1.165) is 11.3 Å². The average Bonchev–Trinajstić information content (AvgIpc) is 3.49. The van der Waals surface area contributed by atoms with Crippen LogP contribution < -0.4 is 5.43 Å². The lowest BCUT2D eigenvalue weighted by Gasteiger charge is -2.10. The van der Waals surface area contributed by atoms with Gasteiger partial charge in [-0.25, -0.2) is 5.43 Å². The maximum Gasteiger partial charge on any atom is 0.250 e. The highest BCUT2D eigenvalue weighted by molar-refractivity contribution is 7.99. The molecule has 0 bridgehead atoms. The van der Waals surface area contributed by atoms with E-state index in [9.17, 15) is 4.79 Å². The number of hydrazone groups is 1. The SMILES string of the molecule is O=C(CSc1nnc(-c2ccccc2)n1-c1ccc(Cl)cc1)N/N=C/C=C\c1ccco1. The maximum atomic E-state index is 12.2. The standard InChI is InChI=1S/C23H18ClN5O2S/c24-18-10-12-19(13-11-18)29-22(17-6-2-1-3-7-17)27-28-23(29)32-16-21(30)26-25-14-4-8-20-9-5-15-31-20/h1-15H,16H2,(H,26,30)/b8-4-,25-14+. The number of halogens is 1. The molecule has 32 heavy (non-hydrogen) atoms. The molecule has 2 aromatic carbocycles. The first-order valence-corrected chi connectivity index (χ1v) is 11.0. The van der Waals surface area contributed by atoms with Crippen molar-refractivity contribution >= 4 is 41.6 Å². The van der Waals surface area contributed by atoms with Crippen LogP contribution in [-0.4, -0.2) is 32.6 Å². The number of benzene rings is 2. The molecule has 0 aliphatic carbocycles. The first-order chi connectivity index (χ1) is 15.7. The van der Waals surface area contributed by atoms with Gasteiger partial charge in [-0.1, -0.05) is 53.7 Å². The smallest absolute Gasteiger partial charge is 0.250 e. The van der Waals surface area contributed by atoms with Gasteiger partial charge in [0.2, 0.25) is 0 Å². The molecule has 4 aromatic rings. The number of carbonyl (C=O) groups is 1. The summed E-state index contributed by atoms with van der Waals surface area (Å²) >= 11 is 7.32. The van der Waals surface area contributed by atoms with Gasteiger partial charge in [-0.15, -0.1) is 10.2 Å². The molecule has 7 nitrogen and oxygen atoms in total. The molecule has 0 unspecified atom stereocenters. The summed E-state index contributed by atoms with van der Waals surface area (Å²) in [6.07, 6.45) is 6.48. The summed E-state index contributed by atoms with van der Waals surface area (Å²) in [5, 5.41) is 13.8. The first kappa shape index (κ1) is 21.6. The van der Waals surface area contributed by atoms with Crippen LogP contribution in [0.4, 0.5) is 0 Å². The Hall–Kier alpha value is -3.62. The number of amides is 1. The third-order valence-corrected chi connectivity index (χ3v) is 5.42. The highest BCUT2D eigenvalue weighted by Gasteiger charge is 2.17. The summed E-state index contributed by atoms with van der Waals surface area (Å²) in [7, 11) is 0. The van der Waals surface area contributed by atoms with E-state index in [1.807, 2.05) is 53.1 Å². The molecule has 0 fully saturated rings. The summed E-state index contributed by atoms with van der Waals surface area (Å²) in [6.45, 7) is 0. The Labute approximate surface area is 193 Å². The molecule has 0 saturated carbocycles. The quantitative estimate of drug-likeness (QED) is 0.223. The van der Waals surface area contributed by atoms with Gasteiger partial charge in [-0.3, -0.25) is 9.36 Å². The number of nitrogens with one attached hydrogen (secondary N) is 1. The zero-order valence-electron chi connectivity index (χ0n) is 16.8. The van der Waals surface area contributed by atoms with Gasteiger partial charge >= 0.3 is 0 Å². The van der Waals surface area contributed by atoms with E-state index < -0.39 is 0 Å². The lowest BCUT2D eigenvalue weighted by atomic mass is 10.2. The molecule has 0 radical (unpaired) electrons. The van der Waals surface area contributed by atoms with Gasteiger partial charge < -0.3 is 4.42 Å². The van der Waals surface area contributed by atoms with Crippen LogP contribution in [0.2, 0.25) is 5.02 Å². The van der Waals surface area contributed by atoms with Gasteiger partial charge in [0.15, 0.2) is 11.0 Å². The fourth-order valence-corrected chi connectivity index (χ4v) is 3.67. The van der Waals surface area contributed by atoms with Crippen LogP contribution in [0.3, 0.4) is 0 Å². The number of hydrogen-bond acceptors (Lipinski definition) is 6. The van der Waals surface area contributed by atoms with Crippen LogP contribution in [0.5, 0.6) is 0 Å². The van der Waals surface area contributed by atoms with Crippen molar-refractivity contribution in [2.45, 2.75) is 5.16 Å². The zero-order chi connectivity index (χ0) is 22.2. The minimum absolute atomic E-state index is 0.125. The number of aromatic nitrogens is 3. The van der Waals surface area contributed by atoms with Crippen LogP contribution in [0.15, 0.2) is 93.7 Å². The molecule has 0 aliphatic heterocycles. The van der Waals surface area contributed by atoms with Crippen LogP contribution in [0.25, 0.3) is 23.2 Å². The van der Waals surface area contributed by atoms with Gasteiger partial charge in [-0.2, -0.15) is 5.10 Å². The highest BCUT2D eigenvalue weighted by Crippen LogP contribution is 2.28. The van der Waals surface area contributed by atoms with E-state index in [4.69, 9.17) is 16.0 Å². The molecular weight excluding hydrogens is 446 g/mol. The molecule has 2 heterocycles.